The van der Waals surface area contributed by atoms with Crippen LogP contribution in [0.2, 0.25) is 0 Å². The number of methoxy groups -OCH3 is 1. The molecule has 72 valence electrons. The van der Waals surface area contributed by atoms with E-state index in [9.17, 15) is 0 Å². The molecule has 3 nitrogen and oxygen atoms in total. The second kappa shape index (κ2) is 5.54. The molecule has 1 rings (SSSR count). The van der Waals surface area contributed by atoms with E-state index < -0.39 is 0 Å². The zero-order chi connectivity index (χ0) is 9.52. The van der Waals surface area contributed by atoms with Crippen molar-refractivity contribution < 1.29 is 4.74 Å². The van der Waals surface area contributed by atoms with Crippen molar-refractivity contribution in [1.82, 2.24) is 10.3 Å². The third kappa shape index (κ3) is 3.42. The van der Waals surface area contributed by atoms with E-state index in [4.69, 9.17) is 4.74 Å². The number of aromatic nitrogens is 1. The van der Waals surface area contributed by atoms with Crippen LogP contribution in [0, 0.1) is 0 Å². The lowest BCUT2D eigenvalue weighted by Gasteiger charge is -2.03. The number of hydrogen-bond donors (Lipinski definition) is 1. The Morgan fingerprint density at radius 3 is 3.00 bits per heavy atom. The first-order valence-electron chi connectivity index (χ1n) is 4.55. The number of pyridine rings is 1. The number of nitrogens with zero attached hydrogens (tertiary/aromatic N) is 1. The summed E-state index contributed by atoms with van der Waals surface area (Å²) in [4.78, 5) is 4.08. The van der Waals surface area contributed by atoms with Gasteiger partial charge < -0.3 is 10.1 Å². The molecule has 13 heavy (non-hydrogen) atoms. The molecule has 3 heteroatoms. The molecule has 1 heterocycles. The summed E-state index contributed by atoms with van der Waals surface area (Å²) in [6.45, 7) is 4.10. The summed E-state index contributed by atoms with van der Waals surface area (Å²) in [5.41, 5.74) is 1.21. The van der Waals surface area contributed by atoms with E-state index in [2.05, 4.69) is 17.2 Å². The van der Waals surface area contributed by atoms with E-state index in [1.807, 2.05) is 12.3 Å². The molecule has 0 fully saturated rings. The fourth-order valence-electron chi connectivity index (χ4n) is 1.12. The van der Waals surface area contributed by atoms with Gasteiger partial charge in [0.2, 0.25) is 0 Å². The largest absolute Gasteiger partial charge is 0.495 e. The van der Waals surface area contributed by atoms with Gasteiger partial charge >= 0.3 is 0 Å². The van der Waals surface area contributed by atoms with E-state index in [0.29, 0.717) is 0 Å². The van der Waals surface area contributed by atoms with Gasteiger partial charge in [-0.25, -0.2) is 0 Å². The molecule has 0 bridgehead atoms. The Hall–Kier alpha value is -1.09. The molecule has 0 aromatic carbocycles. The van der Waals surface area contributed by atoms with Crippen LogP contribution in [0.3, 0.4) is 0 Å². The third-order valence-electron chi connectivity index (χ3n) is 1.85. The minimum Gasteiger partial charge on any atom is -0.495 e. The van der Waals surface area contributed by atoms with E-state index in [1.165, 1.54) is 5.56 Å². The molecule has 1 aromatic heterocycles. The molecular formula is C10H16N2O. The van der Waals surface area contributed by atoms with Gasteiger partial charge in [-0.1, -0.05) is 6.92 Å². The number of ether oxygens (including phenoxy) is 1. The maximum Gasteiger partial charge on any atom is 0.137 e. The van der Waals surface area contributed by atoms with Crippen molar-refractivity contribution in [3.8, 4) is 5.75 Å². The molecule has 0 aliphatic rings. The van der Waals surface area contributed by atoms with Crippen molar-refractivity contribution in [1.29, 1.82) is 0 Å². The highest BCUT2D eigenvalue weighted by molar-refractivity contribution is 5.23. The average Bonchev–Trinajstić information content (AvgIpc) is 2.19. The quantitative estimate of drug-likeness (QED) is 0.692. The predicted molar refractivity (Wildman–Crippen MR) is 53.0 cm³/mol. The average molecular weight is 180 g/mol. The zero-order valence-corrected chi connectivity index (χ0v) is 8.21. The van der Waals surface area contributed by atoms with Gasteiger partial charge in [-0.15, -0.1) is 0 Å². The van der Waals surface area contributed by atoms with Gasteiger partial charge in [0.05, 0.1) is 13.3 Å². The maximum absolute atomic E-state index is 5.08. The first-order valence-corrected chi connectivity index (χ1v) is 4.55. The van der Waals surface area contributed by atoms with Gasteiger partial charge in [-0.2, -0.15) is 0 Å². The van der Waals surface area contributed by atoms with E-state index in [1.54, 1.807) is 13.3 Å². The summed E-state index contributed by atoms with van der Waals surface area (Å²) >= 11 is 0. The van der Waals surface area contributed by atoms with Crippen molar-refractivity contribution in [3.63, 3.8) is 0 Å². The Bertz CT molecular complexity index is 250. The Morgan fingerprint density at radius 1 is 1.46 bits per heavy atom. The zero-order valence-electron chi connectivity index (χ0n) is 8.21. The number of likely N-dealkylation sites (N-methyl/N-ethyl adjacent to an activating group) is 1. The van der Waals surface area contributed by atoms with Crippen LogP contribution in [-0.2, 0) is 6.42 Å². The monoisotopic (exact) mass is 180 g/mol. The molecule has 1 N–H and O–H groups in total. The summed E-state index contributed by atoms with van der Waals surface area (Å²) in [6, 6.07) is 2.02. The van der Waals surface area contributed by atoms with Crippen LogP contribution in [0.5, 0.6) is 5.75 Å². The van der Waals surface area contributed by atoms with Crippen LogP contribution in [0.15, 0.2) is 18.5 Å². The molecule has 0 amide bonds. The lowest BCUT2D eigenvalue weighted by molar-refractivity contribution is 0.412. The normalized spacial score (nSPS) is 10.0. The van der Waals surface area contributed by atoms with Gasteiger partial charge in [0, 0.05) is 6.20 Å². The first kappa shape index (κ1) is 9.99. The minimum absolute atomic E-state index is 0.828. The molecule has 0 radical (unpaired) electrons. The lowest BCUT2D eigenvalue weighted by atomic mass is 10.2. The molecule has 0 spiro atoms. The number of hydrogen-bond acceptors (Lipinski definition) is 3. The van der Waals surface area contributed by atoms with Gasteiger partial charge in [0.25, 0.3) is 0 Å². The highest BCUT2D eigenvalue weighted by Gasteiger charge is 1.95. The molecule has 0 aliphatic heterocycles. The van der Waals surface area contributed by atoms with Gasteiger partial charge in [0.1, 0.15) is 5.75 Å². The molecule has 0 atom stereocenters. The Kier molecular flexibility index (Phi) is 4.26. The van der Waals surface area contributed by atoms with E-state index >= 15 is 0 Å². The summed E-state index contributed by atoms with van der Waals surface area (Å²) < 4.78 is 5.08. The highest BCUT2D eigenvalue weighted by Crippen LogP contribution is 2.09. The van der Waals surface area contributed by atoms with Crippen LogP contribution in [-0.4, -0.2) is 25.2 Å². The summed E-state index contributed by atoms with van der Waals surface area (Å²) in [7, 11) is 1.66. The third-order valence-corrected chi connectivity index (χ3v) is 1.85. The fourth-order valence-corrected chi connectivity index (χ4v) is 1.12. The van der Waals surface area contributed by atoms with Crippen LogP contribution in [0.1, 0.15) is 12.5 Å². The lowest BCUT2D eigenvalue weighted by Crippen LogP contribution is -2.16. The van der Waals surface area contributed by atoms with Crippen molar-refractivity contribution in [2.24, 2.45) is 0 Å². The number of rotatable bonds is 5. The van der Waals surface area contributed by atoms with Crippen molar-refractivity contribution in [3.05, 3.63) is 24.0 Å². The van der Waals surface area contributed by atoms with Crippen molar-refractivity contribution >= 4 is 0 Å². The summed E-state index contributed by atoms with van der Waals surface area (Å²) in [6.07, 6.45) is 4.59. The van der Waals surface area contributed by atoms with E-state index in [-0.39, 0.29) is 0 Å². The Labute approximate surface area is 79.1 Å². The predicted octanol–water partition coefficient (Wildman–Crippen LogP) is 1.24. The molecule has 0 saturated carbocycles. The first-order chi connectivity index (χ1) is 6.36. The Balaban J connectivity index is 2.46. The second-order valence-electron chi connectivity index (χ2n) is 2.84. The van der Waals surface area contributed by atoms with Crippen molar-refractivity contribution in [2.45, 2.75) is 13.3 Å². The van der Waals surface area contributed by atoms with Crippen LogP contribution < -0.4 is 10.1 Å². The van der Waals surface area contributed by atoms with E-state index in [0.717, 1.165) is 25.3 Å². The van der Waals surface area contributed by atoms with Gasteiger partial charge in [-0.05, 0) is 31.1 Å². The minimum atomic E-state index is 0.828. The highest BCUT2D eigenvalue weighted by atomic mass is 16.5. The SMILES string of the molecule is CCNCCc1cncc(OC)c1. The van der Waals surface area contributed by atoms with Gasteiger partial charge in [-0.3, -0.25) is 4.98 Å². The summed E-state index contributed by atoms with van der Waals surface area (Å²) in [5, 5.41) is 3.27. The summed E-state index contributed by atoms with van der Waals surface area (Å²) in [5.74, 6) is 0.828. The van der Waals surface area contributed by atoms with Crippen molar-refractivity contribution in [2.75, 3.05) is 20.2 Å². The molecule has 0 aliphatic carbocycles. The van der Waals surface area contributed by atoms with Crippen LogP contribution in [0.25, 0.3) is 0 Å². The maximum atomic E-state index is 5.08. The molecule has 0 unspecified atom stereocenters. The smallest absolute Gasteiger partial charge is 0.137 e. The molecule has 0 saturated heterocycles. The molecule has 1 aromatic rings. The van der Waals surface area contributed by atoms with Gasteiger partial charge in [0.15, 0.2) is 0 Å². The Morgan fingerprint density at radius 2 is 2.31 bits per heavy atom. The second-order valence-corrected chi connectivity index (χ2v) is 2.84. The standard InChI is InChI=1S/C10H16N2O/c1-3-11-5-4-9-6-10(13-2)8-12-7-9/h6-8,11H,3-5H2,1-2H3. The van der Waals surface area contributed by atoms with Crippen LogP contribution >= 0.6 is 0 Å². The van der Waals surface area contributed by atoms with Crippen LogP contribution in [0.4, 0.5) is 0 Å². The fraction of sp³-hybridized carbons (Fsp3) is 0.500. The topological polar surface area (TPSA) is 34.2 Å². The number of nitrogens with one attached hydrogen (secondary N) is 1. The molecular weight excluding hydrogens is 164 g/mol.